The minimum atomic E-state index is -0.644. The van der Waals surface area contributed by atoms with Crippen molar-refractivity contribution in [3.05, 3.63) is 70.4 Å². The van der Waals surface area contributed by atoms with Gasteiger partial charge in [0.05, 0.1) is 10.6 Å². The van der Waals surface area contributed by atoms with E-state index in [0.29, 0.717) is 0 Å². The normalized spacial score (nSPS) is 15.6. The van der Waals surface area contributed by atoms with Gasteiger partial charge in [0.1, 0.15) is 12.4 Å². The van der Waals surface area contributed by atoms with Gasteiger partial charge in [-0.1, -0.05) is 42.0 Å². The molecule has 0 radical (unpaired) electrons. The lowest BCUT2D eigenvalue weighted by molar-refractivity contribution is -0.127. The molecule has 26 heavy (non-hydrogen) atoms. The third-order valence-electron chi connectivity index (χ3n) is 3.66. The Hall–Kier alpha value is -2.93. The zero-order chi connectivity index (χ0) is 18.7. The van der Waals surface area contributed by atoms with Gasteiger partial charge in [0.2, 0.25) is 5.91 Å². The smallest absolute Gasteiger partial charge is 0.294 e. The number of amides is 3. The van der Waals surface area contributed by atoms with Crippen molar-refractivity contribution in [1.82, 2.24) is 4.90 Å². The van der Waals surface area contributed by atoms with Crippen molar-refractivity contribution in [3.63, 3.8) is 0 Å². The highest BCUT2D eigenvalue weighted by molar-refractivity contribution is 8.18. The number of nitrogens with zero attached hydrogens (tertiary/aromatic N) is 1. The van der Waals surface area contributed by atoms with Gasteiger partial charge in [-0.05, 0) is 42.5 Å². The van der Waals surface area contributed by atoms with E-state index in [1.165, 1.54) is 18.2 Å². The summed E-state index contributed by atoms with van der Waals surface area (Å²) in [4.78, 5) is 37.7. The summed E-state index contributed by atoms with van der Waals surface area (Å²) in [6.07, 6.45) is 1.62. The van der Waals surface area contributed by atoms with Gasteiger partial charge in [-0.3, -0.25) is 19.3 Å². The summed E-state index contributed by atoms with van der Waals surface area (Å²) in [5, 5.41) is 1.83. The van der Waals surface area contributed by atoms with Crippen LogP contribution in [0.5, 0.6) is 0 Å². The molecule has 0 saturated carbocycles. The number of aryl methyl sites for hydroxylation is 1. The number of hydrogen-bond acceptors (Lipinski definition) is 4. The number of nitrogens with one attached hydrogen (secondary N) is 1. The summed E-state index contributed by atoms with van der Waals surface area (Å²) >= 11 is 0.778. The van der Waals surface area contributed by atoms with Crippen molar-refractivity contribution in [2.45, 2.75) is 6.92 Å². The number of anilines is 1. The van der Waals surface area contributed by atoms with Gasteiger partial charge in [0.15, 0.2) is 0 Å². The van der Waals surface area contributed by atoms with Crippen molar-refractivity contribution in [2.24, 2.45) is 0 Å². The summed E-state index contributed by atoms with van der Waals surface area (Å²) < 4.78 is 13.6. The van der Waals surface area contributed by atoms with Crippen LogP contribution in [0, 0.1) is 12.7 Å². The zero-order valence-electron chi connectivity index (χ0n) is 13.9. The Kier molecular flexibility index (Phi) is 5.18. The first-order chi connectivity index (χ1) is 12.4. The minimum Gasteiger partial charge on any atom is -0.322 e. The van der Waals surface area contributed by atoms with Crippen molar-refractivity contribution >= 4 is 40.6 Å². The summed E-state index contributed by atoms with van der Waals surface area (Å²) in [7, 11) is 0. The predicted molar refractivity (Wildman–Crippen MR) is 98.9 cm³/mol. The molecular formula is C19H15FN2O3S. The number of rotatable bonds is 4. The SMILES string of the molecule is Cc1cccc(/C=C2\SC(=O)N(CC(=O)Nc3ccccc3F)C2=O)c1. The van der Waals surface area contributed by atoms with Crippen molar-refractivity contribution in [1.29, 1.82) is 0 Å². The largest absolute Gasteiger partial charge is 0.322 e. The predicted octanol–water partition coefficient (Wildman–Crippen LogP) is 3.81. The first-order valence-corrected chi connectivity index (χ1v) is 8.62. The highest BCUT2D eigenvalue weighted by Gasteiger charge is 2.36. The van der Waals surface area contributed by atoms with E-state index in [9.17, 15) is 18.8 Å². The molecule has 0 atom stereocenters. The molecule has 0 aliphatic carbocycles. The number of hydrogen-bond donors (Lipinski definition) is 1. The summed E-state index contributed by atoms with van der Waals surface area (Å²) in [5.74, 6) is -1.77. The Labute approximate surface area is 153 Å². The fraction of sp³-hybridized carbons (Fsp3) is 0.105. The fourth-order valence-electron chi connectivity index (χ4n) is 2.44. The fourth-order valence-corrected chi connectivity index (χ4v) is 3.28. The maximum atomic E-state index is 13.6. The lowest BCUT2D eigenvalue weighted by atomic mass is 10.1. The lowest BCUT2D eigenvalue weighted by Crippen LogP contribution is -2.36. The molecule has 7 heteroatoms. The summed E-state index contributed by atoms with van der Waals surface area (Å²) in [6, 6.07) is 13.2. The third kappa shape index (κ3) is 4.00. The van der Waals surface area contributed by atoms with E-state index in [4.69, 9.17) is 0 Å². The van der Waals surface area contributed by atoms with E-state index < -0.39 is 29.4 Å². The van der Waals surface area contributed by atoms with Crippen LogP contribution < -0.4 is 5.32 Å². The Balaban J connectivity index is 1.71. The molecule has 1 aliphatic rings. The molecule has 5 nitrogen and oxygen atoms in total. The molecule has 1 fully saturated rings. The Morgan fingerprint density at radius 1 is 1.19 bits per heavy atom. The second-order valence-electron chi connectivity index (χ2n) is 5.71. The van der Waals surface area contributed by atoms with Gasteiger partial charge in [-0.25, -0.2) is 4.39 Å². The van der Waals surface area contributed by atoms with E-state index in [-0.39, 0.29) is 10.6 Å². The average Bonchev–Trinajstić information content (AvgIpc) is 2.84. The molecule has 2 aromatic carbocycles. The number of carbonyl (C=O) groups is 3. The van der Waals surface area contributed by atoms with Gasteiger partial charge >= 0.3 is 0 Å². The average molecular weight is 370 g/mol. The molecule has 0 spiro atoms. The van der Waals surface area contributed by atoms with E-state index in [1.807, 2.05) is 31.2 Å². The maximum Gasteiger partial charge on any atom is 0.294 e. The number of carbonyl (C=O) groups excluding carboxylic acids is 3. The first-order valence-electron chi connectivity index (χ1n) is 7.80. The molecule has 2 aromatic rings. The van der Waals surface area contributed by atoms with Gasteiger partial charge in [-0.2, -0.15) is 0 Å². The number of imide groups is 1. The quantitative estimate of drug-likeness (QED) is 0.831. The van der Waals surface area contributed by atoms with Crippen LogP contribution in [-0.2, 0) is 9.59 Å². The molecule has 0 unspecified atom stereocenters. The number of halogens is 1. The maximum absolute atomic E-state index is 13.6. The Morgan fingerprint density at radius 3 is 2.69 bits per heavy atom. The molecule has 0 bridgehead atoms. The molecule has 132 valence electrons. The van der Waals surface area contributed by atoms with E-state index >= 15 is 0 Å². The monoisotopic (exact) mass is 370 g/mol. The van der Waals surface area contributed by atoms with Crippen LogP contribution in [0.25, 0.3) is 6.08 Å². The summed E-state index contributed by atoms with van der Waals surface area (Å²) in [6.45, 7) is 1.46. The zero-order valence-corrected chi connectivity index (χ0v) is 14.7. The van der Waals surface area contributed by atoms with Crippen LogP contribution >= 0.6 is 11.8 Å². The molecule has 0 aromatic heterocycles. The lowest BCUT2D eigenvalue weighted by Gasteiger charge is -2.12. The van der Waals surface area contributed by atoms with Crippen LogP contribution in [0.3, 0.4) is 0 Å². The van der Waals surface area contributed by atoms with Gasteiger partial charge in [-0.15, -0.1) is 0 Å². The van der Waals surface area contributed by atoms with Gasteiger partial charge in [0, 0.05) is 0 Å². The van der Waals surface area contributed by atoms with Gasteiger partial charge in [0.25, 0.3) is 11.1 Å². The number of para-hydroxylation sites is 1. The van der Waals surface area contributed by atoms with E-state index in [1.54, 1.807) is 12.1 Å². The summed E-state index contributed by atoms with van der Waals surface area (Å²) in [5.41, 5.74) is 1.83. The van der Waals surface area contributed by atoms with Crippen molar-refractivity contribution in [2.75, 3.05) is 11.9 Å². The van der Waals surface area contributed by atoms with Crippen LogP contribution in [0.1, 0.15) is 11.1 Å². The first kappa shape index (κ1) is 17.9. The molecule has 1 aliphatic heterocycles. The topological polar surface area (TPSA) is 66.5 Å². The molecule has 1 N–H and O–H groups in total. The molecule has 3 amide bonds. The standard InChI is InChI=1S/C19H15FN2O3S/c1-12-5-4-6-13(9-12)10-16-18(24)22(19(25)26-16)11-17(23)21-15-8-3-2-7-14(15)20/h2-10H,11H2,1H3,(H,21,23)/b16-10-. The van der Waals surface area contributed by atoms with E-state index in [0.717, 1.165) is 27.8 Å². The molecular weight excluding hydrogens is 355 g/mol. The molecule has 1 heterocycles. The Bertz CT molecular complexity index is 927. The minimum absolute atomic E-state index is 0.000209. The van der Waals surface area contributed by atoms with Crippen LogP contribution in [0.2, 0.25) is 0 Å². The highest BCUT2D eigenvalue weighted by Crippen LogP contribution is 2.32. The van der Waals surface area contributed by atoms with Crippen molar-refractivity contribution < 1.29 is 18.8 Å². The second-order valence-corrected chi connectivity index (χ2v) is 6.70. The highest BCUT2D eigenvalue weighted by atomic mass is 32.2. The third-order valence-corrected chi connectivity index (χ3v) is 4.57. The van der Waals surface area contributed by atoms with Gasteiger partial charge < -0.3 is 5.32 Å². The number of benzene rings is 2. The van der Waals surface area contributed by atoms with Crippen molar-refractivity contribution in [3.8, 4) is 0 Å². The molecule has 1 saturated heterocycles. The molecule has 3 rings (SSSR count). The van der Waals surface area contributed by atoms with E-state index in [2.05, 4.69) is 5.32 Å². The van der Waals surface area contributed by atoms with Crippen LogP contribution in [-0.4, -0.2) is 28.5 Å². The number of thioether (sulfide) groups is 1. The Morgan fingerprint density at radius 2 is 1.96 bits per heavy atom. The van der Waals surface area contributed by atoms with Crippen LogP contribution in [0.4, 0.5) is 14.9 Å². The van der Waals surface area contributed by atoms with Crippen LogP contribution in [0.15, 0.2) is 53.4 Å². The second kappa shape index (κ2) is 7.53.